The Kier molecular flexibility index (Phi) is 7.30. The highest BCUT2D eigenvalue weighted by atomic mass is 35.5. The van der Waals surface area contributed by atoms with Gasteiger partial charge in [0.1, 0.15) is 15.6 Å². The fourth-order valence-corrected chi connectivity index (χ4v) is 6.06. The highest BCUT2D eigenvalue weighted by Crippen LogP contribution is 2.37. The number of nitrogens with zero attached hydrogens (tertiary/aromatic N) is 2. The fourth-order valence-electron chi connectivity index (χ4n) is 5.06. The van der Waals surface area contributed by atoms with E-state index in [0.717, 1.165) is 54.5 Å². The Morgan fingerprint density at radius 3 is 2.41 bits per heavy atom. The summed E-state index contributed by atoms with van der Waals surface area (Å²) in [6.07, 6.45) is 6.04. The van der Waals surface area contributed by atoms with Crippen molar-refractivity contribution in [1.29, 1.82) is 0 Å². The molecule has 0 radical (unpaired) electrons. The van der Waals surface area contributed by atoms with E-state index in [1.54, 1.807) is 0 Å². The molecule has 0 N–H and O–H groups in total. The van der Waals surface area contributed by atoms with Gasteiger partial charge in [0.15, 0.2) is 5.89 Å². The fraction of sp³-hybridized carbons (Fsp3) is 0.625. The molecule has 1 aliphatic heterocycles. The minimum absolute atomic E-state index is 0.0708. The van der Waals surface area contributed by atoms with Gasteiger partial charge in [-0.05, 0) is 63.6 Å². The summed E-state index contributed by atoms with van der Waals surface area (Å²) >= 11 is 6.06. The number of sulfone groups is 1. The van der Waals surface area contributed by atoms with Crippen molar-refractivity contribution in [1.82, 2.24) is 9.88 Å². The van der Waals surface area contributed by atoms with Crippen molar-refractivity contribution in [2.24, 2.45) is 0 Å². The largest absolute Gasteiger partial charge is 0.445 e. The summed E-state index contributed by atoms with van der Waals surface area (Å²) in [4.78, 5) is 7.13. The minimum Gasteiger partial charge on any atom is -0.445 e. The highest BCUT2D eigenvalue weighted by Gasteiger charge is 2.37. The van der Waals surface area contributed by atoms with Crippen LogP contribution < -0.4 is 0 Å². The number of aromatic nitrogens is 1. The van der Waals surface area contributed by atoms with Crippen LogP contribution in [-0.4, -0.2) is 61.6 Å². The van der Waals surface area contributed by atoms with E-state index in [1.165, 1.54) is 11.8 Å². The second-order valence-electron chi connectivity index (χ2n) is 9.43. The molecule has 32 heavy (non-hydrogen) atoms. The second-order valence-corrected chi connectivity index (χ2v) is 12.0. The van der Waals surface area contributed by atoms with E-state index in [-0.39, 0.29) is 17.9 Å². The number of ether oxygens (including phenoxy) is 1. The van der Waals surface area contributed by atoms with Crippen molar-refractivity contribution in [3.05, 3.63) is 52.2 Å². The number of hydrogen-bond acceptors (Lipinski definition) is 6. The molecule has 1 saturated heterocycles. The lowest BCUT2D eigenvalue weighted by Gasteiger charge is -2.46. The summed E-state index contributed by atoms with van der Waals surface area (Å²) in [5.74, 6) is 2.21. The summed E-state index contributed by atoms with van der Waals surface area (Å²) in [5.41, 5.74) is 2.19. The molecule has 2 atom stereocenters. The normalized spacial score (nSPS) is 27.5. The van der Waals surface area contributed by atoms with Gasteiger partial charge >= 0.3 is 0 Å². The van der Waals surface area contributed by atoms with E-state index in [0.29, 0.717) is 25.1 Å². The molecule has 1 aromatic carbocycles. The summed E-state index contributed by atoms with van der Waals surface area (Å²) in [6, 6.07) is 8.60. The van der Waals surface area contributed by atoms with Crippen LogP contribution in [-0.2, 0) is 21.0 Å². The van der Waals surface area contributed by atoms with E-state index in [4.69, 9.17) is 20.8 Å². The van der Waals surface area contributed by atoms with Crippen LogP contribution in [0, 0.1) is 13.8 Å². The van der Waals surface area contributed by atoms with E-state index >= 15 is 0 Å². The third-order valence-electron chi connectivity index (χ3n) is 6.84. The zero-order valence-electron chi connectivity index (χ0n) is 19.1. The molecule has 2 aliphatic rings. The van der Waals surface area contributed by atoms with E-state index < -0.39 is 9.84 Å². The topological polar surface area (TPSA) is 72.6 Å². The number of morpholine rings is 1. The lowest BCUT2D eigenvalue weighted by molar-refractivity contribution is -0.0758. The van der Waals surface area contributed by atoms with Gasteiger partial charge in [-0.3, -0.25) is 4.90 Å². The molecule has 1 saturated carbocycles. The van der Waals surface area contributed by atoms with Crippen LogP contribution in [0.3, 0.4) is 0 Å². The molecule has 8 heteroatoms. The summed E-state index contributed by atoms with van der Waals surface area (Å²) in [7, 11) is -3.09. The lowest BCUT2D eigenvalue weighted by Crippen LogP contribution is -2.56. The number of halogens is 1. The molecule has 0 unspecified atom stereocenters. The number of rotatable bonds is 6. The Bertz CT molecular complexity index is 994. The molecule has 0 bridgehead atoms. The molecule has 1 aliphatic carbocycles. The van der Waals surface area contributed by atoms with E-state index in [1.807, 2.05) is 26.0 Å². The third kappa shape index (κ3) is 5.93. The Labute approximate surface area is 196 Å². The van der Waals surface area contributed by atoms with Gasteiger partial charge in [0.25, 0.3) is 0 Å². The van der Waals surface area contributed by atoms with Gasteiger partial charge in [-0.1, -0.05) is 23.7 Å². The first-order valence-electron chi connectivity index (χ1n) is 11.4. The van der Waals surface area contributed by atoms with Crippen molar-refractivity contribution in [3.63, 3.8) is 0 Å². The van der Waals surface area contributed by atoms with Crippen LogP contribution in [0.15, 0.2) is 28.7 Å². The van der Waals surface area contributed by atoms with Gasteiger partial charge in [-0.15, -0.1) is 0 Å². The zero-order valence-corrected chi connectivity index (χ0v) is 20.7. The van der Waals surface area contributed by atoms with Crippen LogP contribution in [0.4, 0.5) is 0 Å². The molecule has 6 nitrogen and oxygen atoms in total. The van der Waals surface area contributed by atoms with Crippen molar-refractivity contribution >= 4 is 21.4 Å². The van der Waals surface area contributed by atoms with Gasteiger partial charge in [0.2, 0.25) is 0 Å². The third-order valence-corrected chi connectivity index (χ3v) is 8.07. The molecule has 2 aromatic rings. The smallest absolute Gasteiger partial charge is 0.197 e. The maximum absolute atomic E-state index is 11.9. The molecule has 0 spiro atoms. The Morgan fingerprint density at radius 2 is 1.81 bits per heavy atom. The van der Waals surface area contributed by atoms with Crippen LogP contribution in [0.5, 0.6) is 0 Å². The van der Waals surface area contributed by atoms with Crippen molar-refractivity contribution in [2.45, 2.75) is 70.1 Å². The average Bonchev–Trinajstić information content (AvgIpc) is 3.08. The minimum atomic E-state index is -3.09. The summed E-state index contributed by atoms with van der Waals surface area (Å²) in [6.45, 7) is 5.15. The maximum Gasteiger partial charge on any atom is 0.197 e. The van der Waals surface area contributed by atoms with Crippen molar-refractivity contribution < 1.29 is 17.6 Å². The summed E-state index contributed by atoms with van der Waals surface area (Å²) < 4.78 is 35.7. The molecular formula is C24H33ClN2O4S. The molecule has 176 valence electrons. The molecule has 2 heterocycles. The summed E-state index contributed by atoms with van der Waals surface area (Å²) in [5, 5.41) is 0.731. The predicted octanol–water partition coefficient (Wildman–Crippen LogP) is 4.33. The molecule has 4 rings (SSSR count). The van der Waals surface area contributed by atoms with Crippen molar-refractivity contribution in [3.8, 4) is 0 Å². The van der Waals surface area contributed by atoms with Gasteiger partial charge < -0.3 is 9.15 Å². The molecular weight excluding hydrogens is 448 g/mol. The zero-order chi connectivity index (χ0) is 22.9. The molecule has 1 aromatic heterocycles. The Balaban J connectivity index is 1.46. The van der Waals surface area contributed by atoms with Crippen LogP contribution in [0.1, 0.15) is 54.5 Å². The predicted molar refractivity (Wildman–Crippen MR) is 126 cm³/mol. The SMILES string of the molecule is Cc1nc(C2CCC(N3C[C@H](CS(C)(=O)=O)OC[C@H]3Cc3ccc(Cl)cc3)CC2)oc1C. The Hall–Kier alpha value is -1.41. The Morgan fingerprint density at radius 1 is 1.12 bits per heavy atom. The van der Waals surface area contributed by atoms with Gasteiger partial charge in [0.05, 0.1) is 24.2 Å². The lowest BCUT2D eigenvalue weighted by atomic mass is 9.84. The van der Waals surface area contributed by atoms with Gasteiger partial charge in [-0.2, -0.15) is 0 Å². The van der Waals surface area contributed by atoms with Gasteiger partial charge in [-0.25, -0.2) is 13.4 Å². The first-order chi connectivity index (χ1) is 15.2. The molecule has 2 fully saturated rings. The highest BCUT2D eigenvalue weighted by molar-refractivity contribution is 7.90. The van der Waals surface area contributed by atoms with Crippen LogP contribution >= 0.6 is 11.6 Å². The van der Waals surface area contributed by atoms with Gasteiger partial charge in [0, 0.05) is 35.8 Å². The monoisotopic (exact) mass is 480 g/mol. The van der Waals surface area contributed by atoms with E-state index in [9.17, 15) is 8.42 Å². The average molecular weight is 481 g/mol. The molecule has 0 amide bonds. The van der Waals surface area contributed by atoms with Crippen LogP contribution in [0.2, 0.25) is 5.02 Å². The number of hydrogen-bond donors (Lipinski definition) is 0. The van der Waals surface area contributed by atoms with Crippen molar-refractivity contribution in [2.75, 3.05) is 25.2 Å². The van der Waals surface area contributed by atoms with E-state index in [2.05, 4.69) is 22.0 Å². The first-order valence-corrected chi connectivity index (χ1v) is 13.8. The number of benzene rings is 1. The number of aryl methyl sites for hydroxylation is 2. The number of oxazole rings is 1. The maximum atomic E-state index is 11.9. The second kappa shape index (κ2) is 9.84. The quantitative estimate of drug-likeness (QED) is 0.612. The first kappa shape index (κ1) is 23.7. The van der Waals surface area contributed by atoms with Crippen LogP contribution in [0.25, 0.3) is 0 Å². The standard InChI is InChI=1S/C24H33ClN2O4S/c1-16-17(2)31-24(26-16)19-6-10-21(11-7-19)27-13-23(15-32(3,28)29)30-14-22(27)12-18-4-8-20(25)9-5-18/h4-5,8-9,19,21-23H,6-7,10-15H2,1-3H3/t19?,21?,22-,23-/m1/s1.